The Balaban J connectivity index is 1.57. The molecule has 4 aliphatic rings. The van der Waals surface area contributed by atoms with Gasteiger partial charge in [-0.3, -0.25) is 9.69 Å². The molecule has 7 atom stereocenters. The lowest BCUT2D eigenvalue weighted by Crippen LogP contribution is -2.70. The van der Waals surface area contributed by atoms with Gasteiger partial charge in [0.15, 0.2) is 6.29 Å². The highest BCUT2D eigenvalue weighted by Gasteiger charge is 2.65. The molecule has 2 aromatic rings. The number of rotatable bonds is 26. The number of benzene rings is 2. The molecule has 64 heavy (non-hydrogen) atoms. The molecule has 0 bridgehead atoms. The van der Waals surface area contributed by atoms with Gasteiger partial charge in [0.25, 0.3) is 0 Å². The lowest BCUT2D eigenvalue weighted by molar-refractivity contribution is -0.256. The van der Waals surface area contributed by atoms with Gasteiger partial charge in [-0.05, 0) is 98.8 Å². The molecule has 1 saturated heterocycles. The molecule has 3 N–H and O–H groups in total. The molecule has 15 nitrogen and oxygen atoms in total. The van der Waals surface area contributed by atoms with Crippen molar-refractivity contribution in [2.45, 2.75) is 94.7 Å². The predicted octanol–water partition coefficient (Wildman–Crippen LogP) is 7.48. The number of hydrogen-bond donors (Lipinski definition) is 3. The van der Waals surface area contributed by atoms with Gasteiger partial charge in [0.2, 0.25) is 12.1 Å². The van der Waals surface area contributed by atoms with Crippen LogP contribution in [0.4, 0.5) is 4.79 Å². The Morgan fingerprint density at radius 2 is 1.77 bits per heavy atom. The van der Waals surface area contributed by atoms with Crippen LogP contribution in [0.2, 0.25) is 0 Å². The van der Waals surface area contributed by atoms with Gasteiger partial charge in [-0.1, -0.05) is 36.2 Å². The van der Waals surface area contributed by atoms with Crippen molar-refractivity contribution in [1.29, 1.82) is 0 Å². The highest BCUT2D eigenvalue weighted by Crippen LogP contribution is 2.62. The SMILES string of the molecule is C=CCCOC(=O)N(CCOCCO)C1CC(=NOC2CCCCO2)C2=CC(CCCCO)C(CCCCO)C3c4cc(Oc5ccc(OC)c(C=O)c5)ccc4OC1(OCC=C)C23. The summed E-state index contributed by atoms with van der Waals surface area (Å²) < 4.78 is 43.8. The molecule has 2 aliphatic heterocycles. The maximum atomic E-state index is 14.5. The summed E-state index contributed by atoms with van der Waals surface area (Å²) in [4.78, 5) is 34.2. The fraction of sp³-hybridized carbons (Fsp3) is 0.571. The molecule has 2 aromatic carbocycles. The van der Waals surface area contributed by atoms with Crippen molar-refractivity contribution in [3.8, 4) is 23.0 Å². The number of allylic oxidation sites excluding steroid dienone is 1. The molecular weight excluding hydrogens is 825 g/mol. The quantitative estimate of drug-likeness (QED) is 0.0366. The Morgan fingerprint density at radius 3 is 2.48 bits per heavy atom. The van der Waals surface area contributed by atoms with E-state index < -0.39 is 30.1 Å². The molecule has 350 valence electrons. The molecule has 2 fully saturated rings. The summed E-state index contributed by atoms with van der Waals surface area (Å²) in [5.41, 5.74) is 2.69. The first-order chi connectivity index (χ1) is 31.4. The zero-order valence-electron chi connectivity index (χ0n) is 37.1. The Hall–Kier alpha value is -4.77. The van der Waals surface area contributed by atoms with E-state index in [2.05, 4.69) is 19.2 Å². The van der Waals surface area contributed by atoms with E-state index >= 15 is 0 Å². The molecule has 15 heteroatoms. The summed E-state index contributed by atoms with van der Waals surface area (Å²) in [5, 5.41) is 34.4. The summed E-state index contributed by atoms with van der Waals surface area (Å²) >= 11 is 0. The minimum absolute atomic E-state index is 0.00499. The molecule has 7 unspecified atom stereocenters. The first kappa shape index (κ1) is 48.7. The normalized spacial score (nSPS) is 25.2. The van der Waals surface area contributed by atoms with Crippen LogP contribution in [0, 0.1) is 17.8 Å². The third kappa shape index (κ3) is 11.5. The van der Waals surface area contributed by atoms with Crippen LogP contribution in [-0.4, -0.2) is 123 Å². The number of fused-ring (bicyclic) bond motifs is 2. The van der Waals surface area contributed by atoms with Crippen LogP contribution in [-0.2, 0) is 23.8 Å². The molecule has 1 amide bonds. The molecule has 1 saturated carbocycles. The van der Waals surface area contributed by atoms with Crippen LogP contribution < -0.4 is 14.2 Å². The molecule has 2 heterocycles. The number of methoxy groups -OCH3 is 1. The van der Waals surface area contributed by atoms with E-state index in [4.69, 9.17) is 43.2 Å². The van der Waals surface area contributed by atoms with Crippen LogP contribution in [0.5, 0.6) is 23.0 Å². The number of carbonyl (C=O) groups excluding carboxylic acids is 2. The van der Waals surface area contributed by atoms with Crippen molar-refractivity contribution < 1.29 is 62.9 Å². The molecule has 0 radical (unpaired) electrons. The first-order valence-electron chi connectivity index (χ1n) is 22.8. The van der Waals surface area contributed by atoms with Crippen LogP contribution in [0.15, 0.2) is 78.5 Å². The summed E-state index contributed by atoms with van der Waals surface area (Å²) in [6.45, 7) is 8.72. The number of hydrogen-bond acceptors (Lipinski definition) is 14. The summed E-state index contributed by atoms with van der Waals surface area (Å²) in [6.07, 6.45) is 12.6. The number of aliphatic hydroxyl groups is 3. The van der Waals surface area contributed by atoms with Crippen molar-refractivity contribution >= 4 is 18.1 Å². The third-order valence-electron chi connectivity index (χ3n) is 12.5. The summed E-state index contributed by atoms with van der Waals surface area (Å²) in [7, 11) is 1.50. The second-order valence-electron chi connectivity index (χ2n) is 16.5. The van der Waals surface area contributed by atoms with Crippen molar-refractivity contribution in [3.05, 3.63) is 84.5 Å². The second-order valence-corrected chi connectivity index (χ2v) is 16.5. The minimum Gasteiger partial charge on any atom is -0.496 e. The van der Waals surface area contributed by atoms with E-state index in [1.807, 2.05) is 12.1 Å². The van der Waals surface area contributed by atoms with E-state index in [-0.39, 0.29) is 77.0 Å². The number of carbonyl (C=O) groups is 2. The minimum atomic E-state index is -1.53. The van der Waals surface area contributed by atoms with Gasteiger partial charge in [-0.25, -0.2) is 4.79 Å². The number of ether oxygens (including phenoxy) is 7. The molecule has 0 aromatic heterocycles. The molecule has 6 rings (SSSR count). The van der Waals surface area contributed by atoms with E-state index in [9.17, 15) is 24.9 Å². The van der Waals surface area contributed by atoms with Crippen molar-refractivity contribution in [1.82, 2.24) is 4.90 Å². The number of oxime groups is 1. The summed E-state index contributed by atoms with van der Waals surface area (Å²) in [5.74, 6) is -0.540. The van der Waals surface area contributed by atoms with E-state index in [1.165, 1.54) is 7.11 Å². The van der Waals surface area contributed by atoms with Gasteiger partial charge >= 0.3 is 6.09 Å². The average Bonchev–Trinajstić information content (AvgIpc) is 3.32. The standard InChI is InChI=1S/C49H66N2O13/c1-4-6-25-60-48(56)51(20-27-58-28-23-54)44-32-41(50-64-45-15-9-12-26-59-45)39-30-34(13-7-10-21-52)38(14-8-11-22-53)46-40-31-37(62-36-16-18-42(57-3)35(29-36)33-55)17-19-43(40)63-49(44,47(39)46)61-24-5-2/h4-5,16-19,29-31,33-34,38,44-47,52-54H,1-2,6-15,20-28,32H2,3H3. The van der Waals surface area contributed by atoms with E-state index in [0.717, 1.165) is 55.9 Å². The topological polar surface area (TPSA) is 184 Å². The van der Waals surface area contributed by atoms with Gasteiger partial charge in [-0.2, -0.15) is 0 Å². The molecular formula is C49H66N2O13. The lowest BCUT2D eigenvalue weighted by Gasteiger charge is -2.59. The van der Waals surface area contributed by atoms with Crippen LogP contribution in [0.1, 0.15) is 92.5 Å². The first-order valence-corrected chi connectivity index (χ1v) is 22.8. The zero-order valence-corrected chi connectivity index (χ0v) is 37.1. The van der Waals surface area contributed by atoms with Gasteiger partial charge in [0.05, 0.1) is 63.9 Å². The van der Waals surface area contributed by atoms with Crippen LogP contribution >= 0.6 is 0 Å². The van der Waals surface area contributed by atoms with Crippen molar-refractivity contribution in [3.63, 3.8) is 0 Å². The van der Waals surface area contributed by atoms with Gasteiger partial charge in [0, 0.05) is 44.1 Å². The number of aliphatic hydroxyl groups excluding tert-OH is 3. The van der Waals surface area contributed by atoms with Gasteiger partial charge in [-0.15, -0.1) is 13.2 Å². The van der Waals surface area contributed by atoms with Crippen LogP contribution in [0.25, 0.3) is 0 Å². The average molecular weight is 891 g/mol. The number of aldehydes is 1. The monoisotopic (exact) mass is 890 g/mol. The van der Waals surface area contributed by atoms with Gasteiger partial charge in [0.1, 0.15) is 29.0 Å². The zero-order chi connectivity index (χ0) is 45.3. The fourth-order valence-electron chi connectivity index (χ4n) is 9.65. The van der Waals surface area contributed by atoms with Crippen LogP contribution in [0.3, 0.4) is 0 Å². The lowest BCUT2D eigenvalue weighted by atomic mass is 9.55. The molecule has 2 aliphatic carbocycles. The third-order valence-corrected chi connectivity index (χ3v) is 12.5. The van der Waals surface area contributed by atoms with E-state index in [1.54, 1.807) is 41.3 Å². The second kappa shape index (κ2) is 24.5. The highest BCUT2D eigenvalue weighted by molar-refractivity contribution is 6.03. The van der Waals surface area contributed by atoms with Crippen molar-refractivity contribution in [2.24, 2.45) is 22.9 Å². The largest absolute Gasteiger partial charge is 0.496 e. The van der Waals surface area contributed by atoms with Gasteiger partial charge < -0.3 is 53.3 Å². The maximum absolute atomic E-state index is 14.5. The number of nitrogens with zero attached hydrogens (tertiary/aromatic N) is 2. The number of amides is 1. The van der Waals surface area contributed by atoms with Crippen molar-refractivity contribution in [2.75, 3.05) is 66.5 Å². The highest BCUT2D eigenvalue weighted by atomic mass is 16.8. The Kier molecular flexibility index (Phi) is 18.6. The van der Waals surface area contributed by atoms with E-state index in [0.29, 0.717) is 66.6 Å². The number of unbranched alkanes of at least 4 members (excludes halogenated alkanes) is 2. The smallest absolute Gasteiger partial charge is 0.410 e. The summed E-state index contributed by atoms with van der Waals surface area (Å²) in [6, 6.07) is 9.84. The Morgan fingerprint density at radius 1 is 0.969 bits per heavy atom. The fourth-order valence-corrected chi connectivity index (χ4v) is 9.65. The maximum Gasteiger partial charge on any atom is 0.410 e. The predicted molar refractivity (Wildman–Crippen MR) is 239 cm³/mol. The Bertz CT molecular complexity index is 1910. The molecule has 0 spiro atoms. The Labute approximate surface area is 376 Å².